The molecule has 0 aliphatic rings. The highest BCUT2D eigenvalue weighted by Gasteiger charge is 2.41. The Bertz CT molecular complexity index is 1350. The van der Waals surface area contributed by atoms with E-state index in [-0.39, 0.29) is 17.3 Å². The molecule has 4 aromatic rings. The van der Waals surface area contributed by atoms with Gasteiger partial charge in [-0.05, 0) is 37.3 Å². The number of methoxy groups -OCH3 is 1. The van der Waals surface area contributed by atoms with Crippen molar-refractivity contribution in [1.29, 1.82) is 0 Å². The first kappa shape index (κ1) is 24.5. The summed E-state index contributed by atoms with van der Waals surface area (Å²) in [5, 5.41) is 14.4. The molecule has 0 saturated carbocycles. The lowest BCUT2D eigenvalue weighted by Gasteiger charge is -2.20. The van der Waals surface area contributed by atoms with Gasteiger partial charge >= 0.3 is 12.4 Å². The van der Waals surface area contributed by atoms with Crippen molar-refractivity contribution in [1.82, 2.24) is 14.7 Å². The van der Waals surface area contributed by atoms with Gasteiger partial charge in [0, 0.05) is 29.8 Å². The van der Waals surface area contributed by atoms with Crippen LogP contribution in [0.2, 0.25) is 0 Å². The number of ether oxygens (including phenoxy) is 2. The van der Waals surface area contributed by atoms with Gasteiger partial charge in [-0.2, -0.15) is 31.3 Å². The van der Waals surface area contributed by atoms with Crippen molar-refractivity contribution in [3.8, 4) is 28.6 Å². The van der Waals surface area contributed by atoms with Crippen molar-refractivity contribution in [2.24, 2.45) is 0 Å². The third kappa shape index (κ3) is 4.82. The summed E-state index contributed by atoms with van der Waals surface area (Å²) in [4.78, 5) is 4.16. The maximum atomic E-state index is 13.6. The fourth-order valence-electron chi connectivity index (χ4n) is 3.38. The second kappa shape index (κ2) is 8.89. The summed E-state index contributed by atoms with van der Waals surface area (Å²) in [5.74, 6) is -1.21. The number of hydrogen-bond acceptors (Lipinski definition) is 6. The Morgan fingerprint density at radius 2 is 1.80 bits per heavy atom. The number of rotatable bonds is 6. The minimum Gasteiger partial charge on any atom is -0.481 e. The topological polar surface area (TPSA) is 82.5 Å². The molecule has 0 amide bonds. The highest BCUT2D eigenvalue weighted by atomic mass is 19.4. The lowest BCUT2D eigenvalue weighted by atomic mass is 10.1. The van der Waals surface area contributed by atoms with E-state index in [0.717, 1.165) is 12.1 Å². The van der Waals surface area contributed by atoms with Crippen molar-refractivity contribution in [3.05, 3.63) is 54.2 Å². The summed E-state index contributed by atoms with van der Waals surface area (Å²) < 4.78 is 95.1. The second-order valence-corrected chi connectivity index (χ2v) is 7.46. The van der Waals surface area contributed by atoms with E-state index in [4.69, 9.17) is 9.26 Å². The van der Waals surface area contributed by atoms with E-state index >= 15 is 0 Å². The molecule has 0 saturated heterocycles. The van der Waals surface area contributed by atoms with Crippen molar-refractivity contribution in [3.63, 3.8) is 0 Å². The van der Waals surface area contributed by atoms with Crippen molar-refractivity contribution < 1.29 is 45.4 Å². The van der Waals surface area contributed by atoms with Crippen LogP contribution in [0.1, 0.15) is 18.9 Å². The lowest BCUT2D eigenvalue weighted by Crippen LogP contribution is -2.31. The molecule has 0 aliphatic carbocycles. The number of hydrogen-bond donors (Lipinski definition) is 1. The van der Waals surface area contributed by atoms with E-state index in [0.29, 0.717) is 29.5 Å². The summed E-state index contributed by atoms with van der Waals surface area (Å²) in [6, 6.07) is 9.13. The molecule has 0 bridgehead atoms. The first-order valence-electron chi connectivity index (χ1n) is 9.99. The summed E-state index contributed by atoms with van der Waals surface area (Å²) in [7, 11) is 1.32. The average Bonchev–Trinajstić information content (AvgIpc) is 3.45. The molecule has 2 aromatic heterocycles. The summed E-state index contributed by atoms with van der Waals surface area (Å²) in [5.41, 5.74) is -0.543. The normalized spacial score (nSPS) is 14.3. The molecule has 1 N–H and O–H groups in total. The molecule has 0 spiro atoms. The third-order valence-corrected chi connectivity index (χ3v) is 5.18. The molecular formula is C22H17F6N3O4. The number of alkyl halides is 6. The van der Waals surface area contributed by atoms with Crippen LogP contribution >= 0.6 is 0 Å². The average molecular weight is 501 g/mol. The molecule has 0 fully saturated rings. The largest absolute Gasteiger partial charge is 0.481 e. The van der Waals surface area contributed by atoms with E-state index in [1.165, 1.54) is 11.7 Å². The van der Waals surface area contributed by atoms with E-state index in [1.54, 1.807) is 30.5 Å². The van der Waals surface area contributed by atoms with Crippen molar-refractivity contribution in [2.75, 3.05) is 7.11 Å². The highest BCUT2D eigenvalue weighted by molar-refractivity contribution is 5.94. The van der Waals surface area contributed by atoms with Gasteiger partial charge < -0.3 is 19.1 Å². The maximum Gasteiger partial charge on any atom is 0.425 e. The Kier molecular flexibility index (Phi) is 6.23. The van der Waals surface area contributed by atoms with Crippen LogP contribution in [0.3, 0.4) is 0 Å². The van der Waals surface area contributed by atoms with Gasteiger partial charge in [0.25, 0.3) is 5.89 Å². The predicted molar refractivity (Wildman–Crippen MR) is 110 cm³/mol. The minimum absolute atomic E-state index is 0.0508. The smallest absolute Gasteiger partial charge is 0.425 e. The first-order valence-corrected chi connectivity index (χ1v) is 9.99. The molecule has 0 aliphatic heterocycles. The zero-order valence-electron chi connectivity index (χ0n) is 18.1. The molecule has 2 aromatic carbocycles. The number of benzene rings is 2. The molecule has 4 rings (SSSR count). The van der Waals surface area contributed by atoms with Gasteiger partial charge in [-0.15, -0.1) is 0 Å². The molecular weight excluding hydrogens is 484 g/mol. The molecule has 13 heteroatoms. The number of aromatic nitrogens is 3. The van der Waals surface area contributed by atoms with Crippen LogP contribution in [0.5, 0.6) is 5.75 Å². The van der Waals surface area contributed by atoms with Gasteiger partial charge in [0.05, 0.1) is 11.1 Å². The van der Waals surface area contributed by atoms with Gasteiger partial charge in [-0.3, -0.25) is 4.57 Å². The van der Waals surface area contributed by atoms with Crippen molar-refractivity contribution in [2.45, 2.75) is 31.8 Å². The predicted octanol–water partition coefficient (Wildman–Crippen LogP) is 5.80. The van der Waals surface area contributed by atoms with Gasteiger partial charge in [0.15, 0.2) is 6.10 Å². The fourth-order valence-corrected chi connectivity index (χ4v) is 3.38. The number of fused-ring (bicyclic) bond motifs is 1. The molecule has 186 valence electrons. The summed E-state index contributed by atoms with van der Waals surface area (Å²) in [6.07, 6.45) is -12.0. The van der Waals surface area contributed by atoms with Crippen LogP contribution in [0.4, 0.5) is 26.3 Å². The monoisotopic (exact) mass is 501 g/mol. The van der Waals surface area contributed by atoms with E-state index < -0.39 is 36.2 Å². The lowest BCUT2D eigenvalue weighted by molar-refractivity contribution is -0.191. The number of aliphatic hydroxyl groups is 1. The van der Waals surface area contributed by atoms with E-state index in [2.05, 4.69) is 14.9 Å². The highest BCUT2D eigenvalue weighted by Crippen LogP contribution is 2.40. The Morgan fingerprint density at radius 1 is 1.06 bits per heavy atom. The summed E-state index contributed by atoms with van der Waals surface area (Å²) >= 11 is 0. The quantitative estimate of drug-likeness (QED) is 0.266. The maximum absolute atomic E-state index is 13.6. The zero-order chi connectivity index (χ0) is 25.5. The van der Waals surface area contributed by atoms with Gasteiger partial charge in [-0.1, -0.05) is 17.3 Å². The third-order valence-electron chi connectivity index (χ3n) is 5.18. The number of nitrogens with zero attached hydrogens (tertiary/aromatic N) is 3. The van der Waals surface area contributed by atoms with Crippen LogP contribution in [0, 0.1) is 0 Å². The van der Waals surface area contributed by atoms with Gasteiger partial charge in [-0.25, -0.2) is 0 Å². The van der Waals surface area contributed by atoms with Crippen LogP contribution in [0.25, 0.3) is 33.7 Å². The molecule has 35 heavy (non-hydrogen) atoms. The first-order chi connectivity index (χ1) is 16.4. The van der Waals surface area contributed by atoms with Crippen LogP contribution in [0.15, 0.2) is 53.2 Å². The second-order valence-electron chi connectivity index (χ2n) is 7.46. The Balaban J connectivity index is 1.72. The SMILES string of the molecule is COC(O)n1ccc2c(-c3noc(-c4ccc(OC(C)C(F)(F)F)c(C(F)(F)F)c4)n3)cccc21. The molecule has 2 heterocycles. The zero-order valence-corrected chi connectivity index (χ0v) is 18.1. The Hall–Kier alpha value is -3.58. The molecule has 7 nitrogen and oxygen atoms in total. The Morgan fingerprint density at radius 3 is 2.46 bits per heavy atom. The molecule has 2 unspecified atom stereocenters. The number of aliphatic hydroxyl groups excluding tert-OH is 1. The minimum atomic E-state index is -5.00. The Labute approximate surface area is 193 Å². The van der Waals surface area contributed by atoms with E-state index in [9.17, 15) is 31.4 Å². The van der Waals surface area contributed by atoms with Crippen LogP contribution < -0.4 is 4.74 Å². The molecule has 2 atom stereocenters. The van der Waals surface area contributed by atoms with Crippen LogP contribution in [-0.4, -0.2) is 39.2 Å². The van der Waals surface area contributed by atoms with Gasteiger partial charge in [0.2, 0.25) is 12.2 Å². The summed E-state index contributed by atoms with van der Waals surface area (Å²) in [6.45, 7) is 0.609. The standard InChI is InChI=1S/C22H17F6N3O4/c1-11(21(23,24)25)34-17-7-6-12(10-15(17)22(26,27)28)19-29-18(30-35-19)14-4-3-5-16-13(14)8-9-31(16)20(32)33-2/h3-11,20,32H,1-2H3. The van der Waals surface area contributed by atoms with Crippen LogP contribution in [-0.2, 0) is 10.9 Å². The van der Waals surface area contributed by atoms with Crippen molar-refractivity contribution >= 4 is 10.9 Å². The molecule has 0 radical (unpaired) electrons. The van der Waals surface area contributed by atoms with Gasteiger partial charge in [0.1, 0.15) is 5.75 Å². The fraction of sp³-hybridized carbons (Fsp3) is 0.273. The number of halogens is 6. The van der Waals surface area contributed by atoms with E-state index in [1.807, 2.05) is 0 Å².